The molecule has 0 saturated carbocycles. The van der Waals surface area contributed by atoms with Crippen molar-refractivity contribution in [2.45, 2.75) is 70.7 Å². The summed E-state index contributed by atoms with van der Waals surface area (Å²) in [6, 6.07) is 0.0200. The minimum Gasteiger partial charge on any atom is -0.437 e. The van der Waals surface area contributed by atoms with E-state index < -0.39 is 15.4 Å². The van der Waals surface area contributed by atoms with Crippen molar-refractivity contribution in [3.63, 3.8) is 0 Å². The van der Waals surface area contributed by atoms with Gasteiger partial charge in [-0.05, 0) is 37.9 Å². The first-order valence-electron chi connectivity index (χ1n) is 7.15. The molecule has 19 heavy (non-hydrogen) atoms. The lowest BCUT2D eigenvalue weighted by Gasteiger charge is -2.40. The molecule has 1 heterocycles. The minimum atomic E-state index is -1.83. The highest BCUT2D eigenvalue weighted by molar-refractivity contribution is 6.74. The monoisotopic (exact) mass is 285 g/mol. The quantitative estimate of drug-likeness (QED) is 0.621. The lowest BCUT2D eigenvalue weighted by Crippen LogP contribution is -2.50. The molecule has 0 bridgehead atoms. The van der Waals surface area contributed by atoms with E-state index in [1.807, 2.05) is 4.81 Å². The summed E-state index contributed by atoms with van der Waals surface area (Å²) < 4.78 is 6.44. The van der Waals surface area contributed by atoms with Crippen LogP contribution < -0.4 is 0 Å². The van der Waals surface area contributed by atoms with Crippen molar-refractivity contribution in [2.24, 2.45) is 0 Å². The van der Waals surface area contributed by atoms with Gasteiger partial charge < -0.3 is 19.1 Å². The third kappa shape index (κ3) is 3.90. The van der Waals surface area contributed by atoms with Gasteiger partial charge in [0.2, 0.25) is 0 Å². The molecular weight excluding hydrogens is 257 g/mol. The third-order valence-corrected chi connectivity index (χ3v) is 9.10. The summed E-state index contributed by atoms with van der Waals surface area (Å²) in [6.45, 7) is 13.7. The Kier molecular flexibility index (Phi) is 5.40. The van der Waals surface area contributed by atoms with E-state index in [0.29, 0.717) is 6.42 Å². The normalized spacial score (nSPS) is 25.6. The Balaban J connectivity index is 2.80. The fraction of sp³-hybridized carbons (Fsp3) is 0.923. The Bertz CT molecular complexity index is 318. The summed E-state index contributed by atoms with van der Waals surface area (Å²) in [4.78, 5) is 12.9. The van der Waals surface area contributed by atoms with Crippen LogP contribution in [-0.2, 0) is 9.22 Å². The zero-order chi connectivity index (χ0) is 14.8. The van der Waals surface area contributed by atoms with Gasteiger partial charge in [0, 0.05) is 12.5 Å². The zero-order valence-corrected chi connectivity index (χ0v) is 14.1. The Morgan fingerprint density at radius 2 is 2.05 bits per heavy atom. The van der Waals surface area contributed by atoms with Gasteiger partial charge in [-0.1, -0.05) is 20.8 Å². The maximum absolute atomic E-state index is 10.9. The Morgan fingerprint density at radius 1 is 1.47 bits per heavy atom. The van der Waals surface area contributed by atoms with Crippen LogP contribution in [-0.4, -0.2) is 50.2 Å². The number of carbonyl (C=O) groups excluding carboxylic acids is 1. The van der Waals surface area contributed by atoms with E-state index in [4.69, 9.17) is 4.43 Å². The minimum absolute atomic E-state index is 0.0200. The molecule has 1 unspecified atom stereocenters. The molecule has 0 spiro atoms. The molecule has 1 aliphatic heterocycles. The molecule has 2 atom stereocenters. The summed E-state index contributed by atoms with van der Waals surface area (Å²) in [5.74, 6) is 0. The number of nitrogens with zero attached hydrogens (tertiary/aromatic N) is 1. The van der Waals surface area contributed by atoms with Crippen molar-refractivity contribution in [2.75, 3.05) is 6.54 Å². The van der Waals surface area contributed by atoms with Gasteiger partial charge in [0.15, 0.2) is 8.32 Å². The van der Waals surface area contributed by atoms with Crippen LogP contribution in [0.4, 0.5) is 0 Å². The SMILES string of the molecule is CB(O)N1CCC(O[Si](C)(C)C(C)(C)C)[C@@H]1CC=O. The van der Waals surface area contributed by atoms with Crippen molar-refractivity contribution < 1.29 is 14.2 Å². The van der Waals surface area contributed by atoms with E-state index in [1.54, 1.807) is 6.82 Å². The molecule has 0 aromatic heterocycles. The predicted octanol–water partition coefficient (Wildman–Crippen LogP) is 2.15. The van der Waals surface area contributed by atoms with Crippen LogP contribution in [0.25, 0.3) is 0 Å². The van der Waals surface area contributed by atoms with E-state index in [0.717, 1.165) is 19.3 Å². The zero-order valence-electron chi connectivity index (χ0n) is 13.1. The summed E-state index contributed by atoms with van der Waals surface area (Å²) in [7, 11) is -2.35. The maximum Gasteiger partial charge on any atom is 0.376 e. The van der Waals surface area contributed by atoms with Gasteiger partial charge in [-0.2, -0.15) is 0 Å². The smallest absolute Gasteiger partial charge is 0.376 e. The summed E-state index contributed by atoms with van der Waals surface area (Å²) in [6.07, 6.45) is 2.34. The second-order valence-electron chi connectivity index (χ2n) is 7.04. The molecule has 4 nitrogen and oxygen atoms in total. The van der Waals surface area contributed by atoms with Gasteiger partial charge in [-0.3, -0.25) is 0 Å². The van der Waals surface area contributed by atoms with Crippen LogP contribution in [0.2, 0.25) is 25.0 Å². The van der Waals surface area contributed by atoms with E-state index in [2.05, 4.69) is 33.9 Å². The van der Waals surface area contributed by atoms with Gasteiger partial charge in [-0.15, -0.1) is 0 Å². The Hall–Kier alpha value is -0.168. The number of aldehydes is 1. The lowest BCUT2D eigenvalue weighted by molar-refractivity contribution is -0.109. The molecule has 1 rings (SSSR count). The van der Waals surface area contributed by atoms with Crippen molar-refractivity contribution in [1.82, 2.24) is 4.81 Å². The standard InChI is InChI=1S/C13H28BNO3Si/c1-13(2,3)19(5,6)18-12-7-9-15(14(4)17)11(12)8-10-16/h10-12,17H,7-9H2,1-6H3/t11-,12?/m0/s1. The van der Waals surface area contributed by atoms with E-state index in [1.165, 1.54) is 0 Å². The van der Waals surface area contributed by atoms with E-state index in [9.17, 15) is 9.82 Å². The molecule has 110 valence electrons. The molecule has 1 saturated heterocycles. The fourth-order valence-corrected chi connectivity index (χ4v) is 3.78. The molecule has 0 aliphatic carbocycles. The summed E-state index contributed by atoms with van der Waals surface area (Å²) in [5, 5.41) is 9.95. The number of hydrogen-bond acceptors (Lipinski definition) is 4. The van der Waals surface area contributed by atoms with Crippen LogP contribution in [0.3, 0.4) is 0 Å². The molecule has 1 aliphatic rings. The molecule has 0 aromatic carbocycles. The number of rotatable bonds is 5. The van der Waals surface area contributed by atoms with E-state index in [-0.39, 0.29) is 17.2 Å². The van der Waals surface area contributed by atoms with Gasteiger partial charge in [0.25, 0.3) is 0 Å². The molecule has 6 heteroatoms. The van der Waals surface area contributed by atoms with Crippen molar-refractivity contribution in [3.8, 4) is 0 Å². The molecule has 1 N–H and O–H groups in total. The first-order valence-corrected chi connectivity index (χ1v) is 10.1. The molecule has 0 aromatic rings. The first kappa shape index (κ1) is 16.9. The predicted molar refractivity (Wildman–Crippen MR) is 81.7 cm³/mol. The van der Waals surface area contributed by atoms with Crippen molar-refractivity contribution in [3.05, 3.63) is 0 Å². The van der Waals surface area contributed by atoms with Crippen LogP contribution >= 0.6 is 0 Å². The first-order chi connectivity index (χ1) is 8.60. The van der Waals surface area contributed by atoms with Crippen LogP contribution in [0, 0.1) is 0 Å². The average molecular weight is 285 g/mol. The Morgan fingerprint density at radius 3 is 2.47 bits per heavy atom. The summed E-state index contributed by atoms with van der Waals surface area (Å²) in [5.41, 5.74) is 0. The van der Waals surface area contributed by atoms with Crippen LogP contribution in [0.5, 0.6) is 0 Å². The van der Waals surface area contributed by atoms with Gasteiger partial charge in [0.1, 0.15) is 6.29 Å². The second-order valence-corrected chi connectivity index (χ2v) is 11.8. The van der Waals surface area contributed by atoms with Gasteiger partial charge in [-0.25, -0.2) is 0 Å². The number of hydrogen-bond donors (Lipinski definition) is 1. The molecule has 0 radical (unpaired) electrons. The number of carbonyl (C=O) groups is 1. The maximum atomic E-state index is 10.9. The topological polar surface area (TPSA) is 49.8 Å². The van der Waals surface area contributed by atoms with Crippen LogP contribution in [0.15, 0.2) is 0 Å². The highest BCUT2D eigenvalue weighted by atomic mass is 28.4. The molecular formula is C13H28BNO3Si. The second kappa shape index (κ2) is 6.08. The van der Waals surface area contributed by atoms with E-state index >= 15 is 0 Å². The van der Waals surface area contributed by atoms with Crippen molar-refractivity contribution >= 4 is 21.7 Å². The average Bonchev–Trinajstić information content (AvgIpc) is 2.60. The fourth-order valence-electron chi connectivity index (χ4n) is 2.39. The van der Waals surface area contributed by atoms with Crippen molar-refractivity contribution in [1.29, 1.82) is 0 Å². The summed E-state index contributed by atoms with van der Waals surface area (Å²) >= 11 is 0. The van der Waals surface area contributed by atoms with Gasteiger partial charge >= 0.3 is 7.05 Å². The highest BCUT2D eigenvalue weighted by Crippen LogP contribution is 2.39. The third-order valence-electron chi connectivity index (χ3n) is 4.60. The molecule has 1 fully saturated rings. The van der Waals surface area contributed by atoms with Gasteiger partial charge in [0.05, 0.1) is 6.10 Å². The lowest BCUT2D eigenvalue weighted by atomic mass is 9.83. The highest BCUT2D eigenvalue weighted by Gasteiger charge is 2.44. The van der Waals surface area contributed by atoms with Crippen LogP contribution in [0.1, 0.15) is 33.6 Å². The molecule has 0 amide bonds. The largest absolute Gasteiger partial charge is 0.437 e. The Labute approximate surface area is 118 Å².